The van der Waals surface area contributed by atoms with Gasteiger partial charge < -0.3 is 25.1 Å². The van der Waals surface area contributed by atoms with Crippen LogP contribution in [0.5, 0.6) is 5.75 Å². The van der Waals surface area contributed by atoms with Gasteiger partial charge in [0, 0.05) is 18.8 Å². The molecular weight excluding hydrogens is 322 g/mol. The van der Waals surface area contributed by atoms with E-state index in [1.165, 1.54) is 0 Å². The van der Waals surface area contributed by atoms with Crippen molar-refractivity contribution in [1.82, 2.24) is 9.97 Å². The van der Waals surface area contributed by atoms with Crippen LogP contribution in [0.15, 0.2) is 34.9 Å². The van der Waals surface area contributed by atoms with Crippen molar-refractivity contribution in [3.8, 4) is 5.75 Å². The summed E-state index contributed by atoms with van der Waals surface area (Å²) in [6.45, 7) is 3.45. The van der Waals surface area contributed by atoms with Gasteiger partial charge in [-0.05, 0) is 32.0 Å². The lowest BCUT2D eigenvalue weighted by Gasteiger charge is -2.31. The van der Waals surface area contributed by atoms with Gasteiger partial charge in [0.2, 0.25) is 5.95 Å². The molecule has 0 fully saturated rings. The zero-order valence-electron chi connectivity index (χ0n) is 14.0. The van der Waals surface area contributed by atoms with Gasteiger partial charge in [-0.1, -0.05) is 0 Å². The number of ether oxygens (including phenoxy) is 1. The Kier molecular flexibility index (Phi) is 3.28. The predicted molar refractivity (Wildman–Crippen MR) is 94.4 cm³/mol. The molecular formula is C17H17N5O3. The van der Waals surface area contributed by atoms with Crippen molar-refractivity contribution < 1.29 is 13.9 Å². The minimum atomic E-state index is -0.890. The van der Waals surface area contributed by atoms with Crippen LogP contribution in [0.3, 0.4) is 0 Å². The molecule has 0 unspecified atom stereocenters. The molecule has 0 spiro atoms. The Balaban J connectivity index is 1.66. The first-order valence-electron chi connectivity index (χ1n) is 7.81. The monoisotopic (exact) mass is 339 g/mol. The van der Waals surface area contributed by atoms with E-state index < -0.39 is 5.60 Å². The van der Waals surface area contributed by atoms with E-state index in [-0.39, 0.29) is 5.91 Å². The molecule has 1 aliphatic heterocycles. The Morgan fingerprint density at radius 1 is 1.20 bits per heavy atom. The van der Waals surface area contributed by atoms with Crippen molar-refractivity contribution >= 4 is 40.1 Å². The standard InChI is InChI=1S/C17H17N5O3/c1-17(2)15(23)20-11-8-9(4-5-12(11)25-17)19-16-21-10-6-7-24-13(10)14(18-3)22-16/h4-8H,1-3H3,(H,20,23)(H2,18,19,21,22). The summed E-state index contributed by atoms with van der Waals surface area (Å²) in [4.78, 5) is 20.9. The molecule has 1 amide bonds. The summed E-state index contributed by atoms with van der Waals surface area (Å²) in [5, 5.41) is 8.97. The normalized spacial score (nSPS) is 15.2. The number of fused-ring (bicyclic) bond motifs is 2. The van der Waals surface area contributed by atoms with Gasteiger partial charge in [0.15, 0.2) is 17.0 Å². The van der Waals surface area contributed by atoms with Gasteiger partial charge in [-0.25, -0.2) is 4.98 Å². The fourth-order valence-corrected chi connectivity index (χ4v) is 2.61. The third kappa shape index (κ3) is 2.61. The third-order valence-electron chi connectivity index (χ3n) is 3.94. The summed E-state index contributed by atoms with van der Waals surface area (Å²) in [7, 11) is 1.77. The molecule has 0 saturated carbocycles. The molecule has 8 heteroatoms. The zero-order chi connectivity index (χ0) is 17.6. The number of rotatable bonds is 3. The zero-order valence-corrected chi connectivity index (χ0v) is 14.0. The van der Waals surface area contributed by atoms with Crippen molar-refractivity contribution in [3.05, 3.63) is 30.5 Å². The number of hydrogen-bond donors (Lipinski definition) is 3. The van der Waals surface area contributed by atoms with Gasteiger partial charge in [-0.15, -0.1) is 0 Å². The van der Waals surface area contributed by atoms with E-state index in [0.717, 1.165) is 5.69 Å². The number of nitrogens with zero attached hydrogens (tertiary/aromatic N) is 2. The molecule has 0 radical (unpaired) electrons. The van der Waals surface area contributed by atoms with E-state index in [0.29, 0.717) is 34.3 Å². The lowest BCUT2D eigenvalue weighted by molar-refractivity contribution is -0.129. The van der Waals surface area contributed by atoms with Crippen LogP contribution in [0.1, 0.15) is 13.8 Å². The fourth-order valence-electron chi connectivity index (χ4n) is 2.61. The van der Waals surface area contributed by atoms with Crippen LogP contribution in [0, 0.1) is 0 Å². The largest absolute Gasteiger partial charge is 0.476 e. The Hall–Kier alpha value is -3.29. The topological polar surface area (TPSA) is 101 Å². The van der Waals surface area contributed by atoms with Crippen molar-refractivity contribution in [2.75, 3.05) is 23.0 Å². The third-order valence-corrected chi connectivity index (χ3v) is 3.94. The van der Waals surface area contributed by atoms with E-state index >= 15 is 0 Å². The van der Waals surface area contributed by atoms with Crippen LogP contribution in [0.2, 0.25) is 0 Å². The minimum Gasteiger partial charge on any atom is -0.476 e. The first-order valence-corrected chi connectivity index (χ1v) is 7.81. The van der Waals surface area contributed by atoms with Gasteiger partial charge in [-0.3, -0.25) is 4.79 Å². The fraction of sp³-hybridized carbons (Fsp3) is 0.235. The lowest BCUT2D eigenvalue weighted by Crippen LogP contribution is -2.45. The van der Waals surface area contributed by atoms with E-state index in [1.54, 1.807) is 45.4 Å². The van der Waals surface area contributed by atoms with Gasteiger partial charge in [0.05, 0.1) is 12.0 Å². The summed E-state index contributed by atoms with van der Waals surface area (Å²) in [6.07, 6.45) is 1.57. The lowest BCUT2D eigenvalue weighted by atomic mass is 10.1. The summed E-state index contributed by atoms with van der Waals surface area (Å²) in [6, 6.07) is 7.19. The summed E-state index contributed by atoms with van der Waals surface area (Å²) in [5.41, 5.74) is 1.73. The second-order valence-corrected chi connectivity index (χ2v) is 6.18. The molecule has 1 aliphatic rings. The number of carbonyl (C=O) groups excluding carboxylic acids is 1. The molecule has 0 aliphatic carbocycles. The smallest absolute Gasteiger partial charge is 0.268 e. The first-order chi connectivity index (χ1) is 12.0. The van der Waals surface area contributed by atoms with Crippen LogP contribution < -0.4 is 20.7 Å². The van der Waals surface area contributed by atoms with Crippen molar-refractivity contribution in [1.29, 1.82) is 0 Å². The maximum absolute atomic E-state index is 12.0. The van der Waals surface area contributed by atoms with Gasteiger partial charge in [0.25, 0.3) is 5.91 Å². The molecule has 4 rings (SSSR count). The number of hydrogen-bond acceptors (Lipinski definition) is 7. The van der Waals surface area contributed by atoms with E-state index in [1.807, 2.05) is 6.07 Å². The number of aromatic nitrogens is 2. The maximum atomic E-state index is 12.0. The molecule has 0 atom stereocenters. The van der Waals surface area contributed by atoms with Gasteiger partial charge in [-0.2, -0.15) is 4.98 Å². The highest BCUT2D eigenvalue weighted by Gasteiger charge is 2.35. The van der Waals surface area contributed by atoms with Crippen LogP contribution >= 0.6 is 0 Å². The Bertz CT molecular complexity index is 980. The predicted octanol–water partition coefficient (Wildman–Crippen LogP) is 3.12. The second-order valence-electron chi connectivity index (χ2n) is 6.18. The summed E-state index contributed by atoms with van der Waals surface area (Å²) >= 11 is 0. The number of amides is 1. The van der Waals surface area contributed by atoms with E-state index in [9.17, 15) is 4.79 Å². The van der Waals surface area contributed by atoms with Crippen LogP contribution in [-0.2, 0) is 4.79 Å². The average Bonchev–Trinajstić information content (AvgIpc) is 3.04. The Morgan fingerprint density at radius 3 is 2.84 bits per heavy atom. The highest BCUT2D eigenvalue weighted by molar-refractivity contribution is 6.00. The molecule has 3 aromatic rings. The summed E-state index contributed by atoms with van der Waals surface area (Å²) < 4.78 is 11.1. The van der Waals surface area contributed by atoms with Crippen molar-refractivity contribution in [2.45, 2.75) is 19.4 Å². The van der Waals surface area contributed by atoms with Crippen molar-refractivity contribution in [2.24, 2.45) is 0 Å². The van der Waals surface area contributed by atoms with Crippen LogP contribution in [0.25, 0.3) is 11.1 Å². The molecule has 3 heterocycles. The molecule has 1 aromatic carbocycles. The van der Waals surface area contributed by atoms with Crippen LogP contribution in [-0.4, -0.2) is 28.5 Å². The SMILES string of the molecule is CNc1nc(Nc2ccc3c(c2)NC(=O)C(C)(C)O3)nc2ccoc12. The highest BCUT2D eigenvalue weighted by Crippen LogP contribution is 2.36. The average molecular weight is 339 g/mol. The Morgan fingerprint density at radius 2 is 2.04 bits per heavy atom. The number of carbonyl (C=O) groups is 1. The maximum Gasteiger partial charge on any atom is 0.268 e. The highest BCUT2D eigenvalue weighted by atomic mass is 16.5. The molecule has 2 aromatic heterocycles. The van der Waals surface area contributed by atoms with E-state index in [2.05, 4.69) is 25.9 Å². The molecule has 3 N–H and O–H groups in total. The number of furan rings is 1. The summed E-state index contributed by atoms with van der Waals surface area (Å²) in [5.74, 6) is 1.44. The Labute approximate surface area is 143 Å². The minimum absolute atomic E-state index is 0.189. The number of nitrogens with one attached hydrogen (secondary N) is 3. The number of anilines is 4. The molecule has 25 heavy (non-hydrogen) atoms. The van der Waals surface area contributed by atoms with Crippen LogP contribution in [0.4, 0.5) is 23.1 Å². The molecule has 0 saturated heterocycles. The molecule has 0 bridgehead atoms. The molecule has 8 nitrogen and oxygen atoms in total. The van der Waals surface area contributed by atoms with Gasteiger partial charge >= 0.3 is 0 Å². The quantitative estimate of drug-likeness (QED) is 0.674. The molecule has 128 valence electrons. The number of benzene rings is 1. The van der Waals surface area contributed by atoms with E-state index in [4.69, 9.17) is 9.15 Å². The van der Waals surface area contributed by atoms with Crippen molar-refractivity contribution in [3.63, 3.8) is 0 Å². The van der Waals surface area contributed by atoms with Gasteiger partial charge in [0.1, 0.15) is 11.3 Å². The first kappa shape index (κ1) is 15.3. The second kappa shape index (κ2) is 5.37.